The van der Waals surface area contributed by atoms with Crippen LogP contribution in [0.4, 0.5) is 0 Å². The second-order valence-corrected chi connectivity index (χ2v) is 3.10. The van der Waals surface area contributed by atoms with E-state index in [-0.39, 0.29) is 5.78 Å². The van der Waals surface area contributed by atoms with Crippen LogP contribution in [0.25, 0.3) is 0 Å². The lowest BCUT2D eigenvalue weighted by Gasteiger charge is -2.01. The van der Waals surface area contributed by atoms with Crippen LogP contribution in [-0.4, -0.2) is 15.8 Å². The number of aromatic nitrogens is 2. The highest BCUT2D eigenvalue weighted by atomic mass is 16.1. The summed E-state index contributed by atoms with van der Waals surface area (Å²) < 4.78 is 0. The SMILES string of the molecule is CCCC(=O)c1cnc(C)c(C)n1. The van der Waals surface area contributed by atoms with Gasteiger partial charge in [0.05, 0.1) is 17.6 Å². The van der Waals surface area contributed by atoms with Crippen molar-refractivity contribution in [2.75, 3.05) is 0 Å². The number of aryl methyl sites for hydroxylation is 2. The molecule has 3 nitrogen and oxygen atoms in total. The zero-order chi connectivity index (χ0) is 9.84. The Labute approximate surface area is 78.2 Å². The van der Waals surface area contributed by atoms with Gasteiger partial charge in [-0.1, -0.05) is 6.92 Å². The molecular formula is C10H14N2O. The molecule has 1 aromatic heterocycles. The van der Waals surface area contributed by atoms with E-state index in [1.807, 2.05) is 20.8 Å². The molecule has 0 aliphatic carbocycles. The van der Waals surface area contributed by atoms with Crippen LogP contribution in [0.2, 0.25) is 0 Å². The normalized spacial score (nSPS) is 10.1. The minimum absolute atomic E-state index is 0.0816. The lowest BCUT2D eigenvalue weighted by Crippen LogP contribution is -2.05. The molecule has 1 heterocycles. The van der Waals surface area contributed by atoms with Crippen LogP contribution in [-0.2, 0) is 0 Å². The van der Waals surface area contributed by atoms with Gasteiger partial charge in [0.15, 0.2) is 5.78 Å². The molecule has 0 bridgehead atoms. The van der Waals surface area contributed by atoms with Crippen LogP contribution in [0.1, 0.15) is 41.6 Å². The van der Waals surface area contributed by atoms with Gasteiger partial charge in [0.25, 0.3) is 0 Å². The summed E-state index contributed by atoms with van der Waals surface area (Å²) in [6, 6.07) is 0. The first kappa shape index (κ1) is 9.84. The van der Waals surface area contributed by atoms with E-state index < -0.39 is 0 Å². The summed E-state index contributed by atoms with van der Waals surface area (Å²) in [5.41, 5.74) is 2.21. The zero-order valence-corrected chi connectivity index (χ0v) is 8.29. The molecule has 0 aliphatic heterocycles. The van der Waals surface area contributed by atoms with Crippen molar-refractivity contribution in [2.45, 2.75) is 33.6 Å². The van der Waals surface area contributed by atoms with Crippen molar-refractivity contribution in [3.63, 3.8) is 0 Å². The van der Waals surface area contributed by atoms with Gasteiger partial charge in [0.1, 0.15) is 5.69 Å². The Balaban J connectivity index is 2.90. The molecular weight excluding hydrogens is 164 g/mol. The molecule has 0 atom stereocenters. The van der Waals surface area contributed by atoms with E-state index in [4.69, 9.17) is 0 Å². The van der Waals surface area contributed by atoms with Gasteiger partial charge in [-0.3, -0.25) is 9.78 Å². The highest BCUT2D eigenvalue weighted by Gasteiger charge is 2.07. The van der Waals surface area contributed by atoms with Crippen LogP contribution >= 0.6 is 0 Å². The van der Waals surface area contributed by atoms with Crippen molar-refractivity contribution in [3.8, 4) is 0 Å². The molecule has 0 aromatic carbocycles. The Morgan fingerprint density at radius 1 is 1.38 bits per heavy atom. The smallest absolute Gasteiger partial charge is 0.182 e. The monoisotopic (exact) mass is 178 g/mol. The standard InChI is InChI=1S/C10H14N2O/c1-4-5-10(13)9-6-11-7(2)8(3)12-9/h6H,4-5H2,1-3H3. The average molecular weight is 178 g/mol. The van der Waals surface area contributed by atoms with Crippen molar-refractivity contribution >= 4 is 5.78 Å². The van der Waals surface area contributed by atoms with E-state index in [0.717, 1.165) is 17.8 Å². The van der Waals surface area contributed by atoms with Crippen LogP contribution in [0.3, 0.4) is 0 Å². The molecule has 0 unspecified atom stereocenters. The van der Waals surface area contributed by atoms with Gasteiger partial charge >= 0.3 is 0 Å². The number of hydrogen-bond donors (Lipinski definition) is 0. The third-order valence-corrected chi connectivity index (χ3v) is 1.95. The molecule has 0 fully saturated rings. The van der Waals surface area contributed by atoms with Gasteiger partial charge in [-0.25, -0.2) is 4.98 Å². The van der Waals surface area contributed by atoms with Gasteiger partial charge in [-0.15, -0.1) is 0 Å². The minimum Gasteiger partial charge on any atom is -0.292 e. The lowest BCUT2D eigenvalue weighted by atomic mass is 10.2. The molecule has 0 radical (unpaired) electrons. The summed E-state index contributed by atoms with van der Waals surface area (Å²) in [7, 11) is 0. The molecule has 0 spiro atoms. The van der Waals surface area contributed by atoms with Gasteiger partial charge < -0.3 is 0 Å². The predicted molar refractivity (Wildman–Crippen MR) is 50.7 cm³/mol. The maximum absolute atomic E-state index is 11.4. The molecule has 0 saturated heterocycles. The number of Topliss-reactive ketones (excluding diaryl/α,β-unsaturated/α-hetero) is 1. The first-order valence-corrected chi connectivity index (χ1v) is 4.48. The Morgan fingerprint density at radius 2 is 2.08 bits per heavy atom. The largest absolute Gasteiger partial charge is 0.292 e. The van der Waals surface area contributed by atoms with Crippen molar-refractivity contribution in [1.29, 1.82) is 0 Å². The van der Waals surface area contributed by atoms with Gasteiger partial charge in [-0.2, -0.15) is 0 Å². The molecule has 0 amide bonds. The van der Waals surface area contributed by atoms with Crippen molar-refractivity contribution in [1.82, 2.24) is 9.97 Å². The van der Waals surface area contributed by atoms with E-state index in [1.54, 1.807) is 6.20 Å². The maximum Gasteiger partial charge on any atom is 0.182 e. The number of carbonyl (C=O) groups excluding carboxylic acids is 1. The number of carbonyl (C=O) groups is 1. The first-order chi connectivity index (χ1) is 6.15. The predicted octanol–water partition coefficient (Wildman–Crippen LogP) is 2.08. The molecule has 3 heteroatoms. The fraction of sp³-hybridized carbons (Fsp3) is 0.500. The maximum atomic E-state index is 11.4. The molecule has 13 heavy (non-hydrogen) atoms. The number of hydrogen-bond acceptors (Lipinski definition) is 3. The third-order valence-electron chi connectivity index (χ3n) is 1.95. The van der Waals surface area contributed by atoms with Crippen molar-refractivity contribution < 1.29 is 4.79 Å². The number of ketones is 1. The molecule has 70 valence electrons. The van der Waals surface area contributed by atoms with E-state index in [2.05, 4.69) is 9.97 Å². The highest BCUT2D eigenvalue weighted by molar-refractivity contribution is 5.93. The minimum atomic E-state index is 0.0816. The average Bonchev–Trinajstić information content (AvgIpc) is 2.10. The first-order valence-electron chi connectivity index (χ1n) is 4.48. The van der Waals surface area contributed by atoms with Crippen LogP contribution in [0.15, 0.2) is 6.20 Å². The topological polar surface area (TPSA) is 42.9 Å². The quantitative estimate of drug-likeness (QED) is 0.665. The Hall–Kier alpha value is -1.25. The summed E-state index contributed by atoms with van der Waals surface area (Å²) in [4.78, 5) is 19.7. The lowest BCUT2D eigenvalue weighted by molar-refractivity contribution is 0.0976. The summed E-state index contributed by atoms with van der Waals surface area (Å²) in [6.07, 6.45) is 2.96. The fourth-order valence-electron chi connectivity index (χ4n) is 1.03. The van der Waals surface area contributed by atoms with Crippen molar-refractivity contribution in [2.24, 2.45) is 0 Å². The van der Waals surface area contributed by atoms with E-state index >= 15 is 0 Å². The summed E-state index contributed by atoms with van der Waals surface area (Å²) in [5.74, 6) is 0.0816. The molecule has 0 aliphatic rings. The fourth-order valence-corrected chi connectivity index (χ4v) is 1.03. The number of nitrogens with zero attached hydrogens (tertiary/aromatic N) is 2. The van der Waals surface area contributed by atoms with Crippen LogP contribution < -0.4 is 0 Å². The second kappa shape index (κ2) is 4.12. The van der Waals surface area contributed by atoms with E-state index in [9.17, 15) is 4.79 Å². The van der Waals surface area contributed by atoms with Gasteiger partial charge in [0, 0.05) is 6.42 Å². The second-order valence-electron chi connectivity index (χ2n) is 3.10. The summed E-state index contributed by atoms with van der Waals surface area (Å²) in [6.45, 7) is 5.73. The Morgan fingerprint density at radius 3 is 2.62 bits per heavy atom. The molecule has 1 aromatic rings. The summed E-state index contributed by atoms with van der Waals surface area (Å²) >= 11 is 0. The molecule has 1 rings (SSSR count). The molecule has 0 saturated carbocycles. The van der Waals surface area contributed by atoms with Crippen LogP contribution in [0.5, 0.6) is 0 Å². The third kappa shape index (κ3) is 2.34. The Kier molecular flexibility index (Phi) is 3.12. The van der Waals surface area contributed by atoms with Crippen molar-refractivity contribution in [3.05, 3.63) is 23.3 Å². The molecule has 0 N–H and O–H groups in total. The Bertz CT molecular complexity index is 321. The van der Waals surface area contributed by atoms with Crippen LogP contribution in [0, 0.1) is 13.8 Å². The highest BCUT2D eigenvalue weighted by Crippen LogP contribution is 2.04. The van der Waals surface area contributed by atoms with E-state index in [1.165, 1.54) is 0 Å². The zero-order valence-electron chi connectivity index (χ0n) is 8.29. The van der Waals surface area contributed by atoms with Gasteiger partial charge in [-0.05, 0) is 20.3 Å². The summed E-state index contributed by atoms with van der Waals surface area (Å²) in [5, 5.41) is 0. The number of rotatable bonds is 3. The van der Waals surface area contributed by atoms with E-state index in [0.29, 0.717) is 12.1 Å². The van der Waals surface area contributed by atoms with Gasteiger partial charge in [0.2, 0.25) is 0 Å².